The van der Waals surface area contributed by atoms with Crippen LogP contribution in [0.4, 0.5) is 0 Å². The molecule has 0 aromatic rings. The van der Waals surface area contributed by atoms with Crippen LogP contribution in [0.5, 0.6) is 0 Å². The first-order valence-corrected chi connectivity index (χ1v) is 4.78. The number of amides is 1. The molecule has 1 atom stereocenters. The Morgan fingerprint density at radius 2 is 2.38 bits per heavy atom. The van der Waals surface area contributed by atoms with E-state index in [0.717, 1.165) is 19.3 Å². The number of nitrogens with two attached hydrogens (primary N) is 1. The highest BCUT2D eigenvalue weighted by atomic mass is 16.2. The van der Waals surface area contributed by atoms with Gasteiger partial charge in [-0.3, -0.25) is 4.79 Å². The molecule has 0 heterocycles. The fourth-order valence-corrected chi connectivity index (χ4v) is 1.55. The molecular weight excluding hydrogens is 164 g/mol. The number of carbonyl (C=O) groups excluding carboxylic acids is 1. The highest BCUT2D eigenvalue weighted by molar-refractivity contribution is 5.84. The van der Waals surface area contributed by atoms with Crippen LogP contribution in [0.2, 0.25) is 0 Å². The average Bonchev–Trinajstić information content (AvgIpc) is 2.03. The van der Waals surface area contributed by atoms with Crippen LogP contribution >= 0.6 is 0 Å². The molecule has 1 fully saturated rings. The molecule has 1 aliphatic carbocycles. The van der Waals surface area contributed by atoms with Gasteiger partial charge in [0.25, 0.3) is 0 Å². The highest BCUT2D eigenvalue weighted by Gasteiger charge is 2.42. The fraction of sp³-hybridized carbons (Fsp3) is 0.700. The fourth-order valence-electron chi connectivity index (χ4n) is 1.55. The molecule has 0 aromatic heterocycles. The zero-order valence-corrected chi connectivity index (χ0v) is 8.18. The molecule has 1 rings (SSSR count). The summed E-state index contributed by atoms with van der Waals surface area (Å²) in [6.45, 7) is 5.99. The topological polar surface area (TPSA) is 55.1 Å². The van der Waals surface area contributed by atoms with E-state index >= 15 is 0 Å². The minimum Gasteiger partial charge on any atom is -0.350 e. The maximum Gasteiger partial charge on any atom is 0.227 e. The summed E-state index contributed by atoms with van der Waals surface area (Å²) in [6.07, 6.45) is 4.70. The third-order valence-corrected chi connectivity index (χ3v) is 2.90. The zero-order valence-electron chi connectivity index (χ0n) is 8.18. The van der Waals surface area contributed by atoms with Crippen molar-refractivity contribution in [1.82, 2.24) is 5.32 Å². The second-order valence-electron chi connectivity index (χ2n) is 3.84. The summed E-state index contributed by atoms with van der Waals surface area (Å²) in [4.78, 5) is 11.7. The predicted molar refractivity (Wildman–Crippen MR) is 53.1 cm³/mol. The number of nitrogens with one attached hydrogen (secondary N) is 1. The maximum absolute atomic E-state index is 11.7. The minimum atomic E-state index is -0.267. The zero-order chi connectivity index (χ0) is 9.90. The smallest absolute Gasteiger partial charge is 0.227 e. The molecule has 0 saturated heterocycles. The lowest BCUT2D eigenvalue weighted by Gasteiger charge is -2.39. The van der Waals surface area contributed by atoms with Gasteiger partial charge in [0.05, 0.1) is 5.41 Å². The average molecular weight is 182 g/mol. The quantitative estimate of drug-likeness (QED) is 0.632. The molecule has 1 unspecified atom stereocenters. The molecule has 0 spiro atoms. The number of rotatable bonds is 4. The molecule has 0 aromatic carbocycles. The van der Waals surface area contributed by atoms with E-state index in [2.05, 4.69) is 11.9 Å². The first kappa shape index (κ1) is 10.3. The first-order valence-electron chi connectivity index (χ1n) is 4.78. The van der Waals surface area contributed by atoms with E-state index in [4.69, 9.17) is 5.73 Å². The van der Waals surface area contributed by atoms with Gasteiger partial charge in [-0.1, -0.05) is 12.5 Å². The van der Waals surface area contributed by atoms with Crippen molar-refractivity contribution in [2.45, 2.75) is 32.2 Å². The Kier molecular flexibility index (Phi) is 3.09. The molecule has 0 bridgehead atoms. The van der Waals surface area contributed by atoms with Crippen LogP contribution in [0, 0.1) is 5.41 Å². The van der Waals surface area contributed by atoms with Crippen molar-refractivity contribution in [2.75, 3.05) is 6.54 Å². The molecule has 0 radical (unpaired) electrons. The Hall–Kier alpha value is -0.830. The summed E-state index contributed by atoms with van der Waals surface area (Å²) in [5, 5.41) is 2.89. The lowest BCUT2D eigenvalue weighted by atomic mass is 9.68. The molecular formula is C10H18N2O. The third-order valence-electron chi connectivity index (χ3n) is 2.90. The number of hydrogen-bond acceptors (Lipinski definition) is 2. The summed E-state index contributed by atoms with van der Waals surface area (Å²) < 4.78 is 0. The van der Waals surface area contributed by atoms with Crippen LogP contribution in [0.3, 0.4) is 0 Å². The lowest BCUT2D eigenvalue weighted by Crippen LogP contribution is -2.52. The van der Waals surface area contributed by atoms with Crippen LogP contribution in [0.25, 0.3) is 0 Å². The molecule has 13 heavy (non-hydrogen) atoms. The molecule has 3 N–H and O–H groups in total. The van der Waals surface area contributed by atoms with Gasteiger partial charge in [-0.15, -0.1) is 6.58 Å². The predicted octanol–water partition coefficient (Wildman–Crippen LogP) is 0.806. The molecule has 74 valence electrons. The van der Waals surface area contributed by atoms with Gasteiger partial charge < -0.3 is 11.1 Å². The van der Waals surface area contributed by atoms with E-state index in [1.807, 2.05) is 6.92 Å². The summed E-state index contributed by atoms with van der Waals surface area (Å²) >= 11 is 0. The number of hydrogen-bond donors (Lipinski definition) is 2. The Bertz CT molecular complexity index is 203. The van der Waals surface area contributed by atoms with Crippen molar-refractivity contribution in [3.8, 4) is 0 Å². The number of carbonyl (C=O) groups is 1. The van der Waals surface area contributed by atoms with Gasteiger partial charge >= 0.3 is 0 Å². The SMILES string of the molecule is C=CC(C)NC(=O)C1(CN)CCC1. The van der Waals surface area contributed by atoms with Gasteiger partial charge in [0.15, 0.2) is 0 Å². The summed E-state index contributed by atoms with van der Waals surface area (Å²) in [6, 6.07) is 0.0384. The van der Waals surface area contributed by atoms with Gasteiger partial charge in [-0.05, 0) is 19.8 Å². The van der Waals surface area contributed by atoms with Crippen LogP contribution in [-0.2, 0) is 4.79 Å². The van der Waals surface area contributed by atoms with E-state index in [-0.39, 0.29) is 17.4 Å². The van der Waals surface area contributed by atoms with Gasteiger partial charge in [0.1, 0.15) is 0 Å². The van der Waals surface area contributed by atoms with Gasteiger partial charge in [0, 0.05) is 12.6 Å². The Balaban J connectivity index is 2.50. The second-order valence-corrected chi connectivity index (χ2v) is 3.84. The van der Waals surface area contributed by atoms with E-state index in [9.17, 15) is 4.79 Å². The minimum absolute atomic E-state index is 0.0384. The van der Waals surface area contributed by atoms with Crippen molar-refractivity contribution in [1.29, 1.82) is 0 Å². The Morgan fingerprint density at radius 3 is 2.69 bits per heavy atom. The highest BCUT2D eigenvalue weighted by Crippen LogP contribution is 2.40. The van der Waals surface area contributed by atoms with Crippen molar-refractivity contribution in [3.63, 3.8) is 0 Å². The Labute approximate surface area is 79.4 Å². The molecule has 1 aliphatic rings. The van der Waals surface area contributed by atoms with E-state index in [1.54, 1.807) is 6.08 Å². The van der Waals surface area contributed by atoms with E-state index < -0.39 is 0 Å². The van der Waals surface area contributed by atoms with Crippen molar-refractivity contribution in [2.24, 2.45) is 11.1 Å². The van der Waals surface area contributed by atoms with Gasteiger partial charge in [0.2, 0.25) is 5.91 Å². The van der Waals surface area contributed by atoms with Crippen molar-refractivity contribution < 1.29 is 4.79 Å². The molecule has 1 saturated carbocycles. The van der Waals surface area contributed by atoms with Crippen molar-refractivity contribution >= 4 is 5.91 Å². The van der Waals surface area contributed by atoms with E-state index in [0.29, 0.717) is 6.54 Å². The Morgan fingerprint density at radius 1 is 1.77 bits per heavy atom. The van der Waals surface area contributed by atoms with Gasteiger partial charge in [-0.25, -0.2) is 0 Å². The maximum atomic E-state index is 11.7. The van der Waals surface area contributed by atoms with Gasteiger partial charge in [-0.2, -0.15) is 0 Å². The van der Waals surface area contributed by atoms with Crippen LogP contribution in [0.15, 0.2) is 12.7 Å². The van der Waals surface area contributed by atoms with Crippen LogP contribution < -0.4 is 11.1 Å². The summed E-state index contributed by atoms with van der Waals surface area (Å²) in [7, 11) is 0. The molecule has 3 heteroatoms. The standard InChI is InChI=1S/C10H18N2O/c1-3-8(2)12-9(13)10(7-11)5-4-6-10/h3,8H,1,4-7,11H2,2H3,(H,12,13). The summed E-state index contributed by atoms with van der Waals surface area (Å²) in [5.74, 6) is 0.0913. The molecule has 1 amide bonds. The molecule has 3 nitrogen and oxygen atoms in total. The van der Waals surface area contributed by atoms with Crippen molar-refractivity contribution in [3.05, 3.63) is 12.7 Å². The van der Waals surface area contributed by atoms with E-state index in [1.165, 1.54) is 0 Å². The molecule has 0 aliphatic heterocycles. The largest absolute Gasteiger partial charge is 0.350 e. The van der Waals surface area contributed by atoms with Crippen LogP contribution in [0.1, 0.15) is 26.2 Å². The van der Waals surface area contributed by atoms with Crippen LogP contribution in [-0.4, -0.2) is 18.5 Å². The lowest BCUT2D eigenvalue weighted by molar-refractivity contribution is -0.135. The third kappa shape index (κ3) is 1.91. The monoisotopic (exact) mass is 182 g/mol. The second kappa shape index (κ2) is 3.92. The first-order chi connectivity index (χ1) is 6.14. The normalized spacial score (nSPS) is 21.4. The summed E-state index contributed by atoms with van der Waals surface area (Å²) in [5.41, 5.74) is 5.33.